The second-order valence-corrected chi connectivity index (χ2v) is 9.74. The largest absolute Gasteiger partial charge is 0.356 e. The minimum absolute atomic E-state index is 0.0212. The average molecular weight is 414 g/mol. The smallest absolute Gasteiger partial charge is 0.164 e. The summed E-state index contributed by atoms with van der Waals surface area (Å²) in [6.45, 7) is 3.60. The molecular formula is C18H18ClF2N3O2S. The van der Waals surface area contributed by atoms with Crippen LogP contribution in [0.25, 0.3) is 11.4 Å². The van der Waals surface area contributed by atoms with Gasteiger partial charge >= 0.3 is 0 Å². The summed E-state index contributed by atoms with van der Waals surface area (Å²) in [6, 6.07) is 1.83. The van der Waals surface area contributed by atoms with Gasteiger partial charge in [0.15, 0.2) is 15.7 Å². The second-order valence-electron chi connectivity index (χ2n) is 7.27. The molecule has 0 amide bonds. The normalized spacial score (nSPS) is 21.3. The van der Waals surface area contributed by atoms with Gasteiger partial charge in [-0.1, -0.05) is 18.5 Å². The van der Waals surface area contributed by atoms with E-state index in [0.717, 1.165) is 38.1 Å². The van der Waals surface area contributed by atoms with Crippen LogP contribution in [0, 0.1) is 17.6 Å². The van der Waals surface area contributed by atoms with Crippen LogP contribution in [0.5, 0.6) is 0 Å². The first-order chi connectivity index (χ1) is 12.7. The van der Waals surface area contributed by atoms with Crippen LogP contribution in [0.3, 0.4) is 0 Å². The molecule has 1 atom stereocenters. The van der Waals surface area contributed by atoms with Crippen molar-refractivity contribution in [3.63, 3.8) is 0 Å². The highest BCUT2D eigenvalue weighted by Gasteiger charge is 2.33. The highest BCUT2D eigenvalue weighted by molar-refractivity contribution is 7.90. The number of sulfone groups is 1. The number of halogens is 3. The zero-order valence-electron chi connectivity index (χ0n) is 14.7. The van der Waals surface area contributed by atoms with Gasteiger partial charge in [0.25, 0.3) is 0 Å². The van der Waals surface area contributed by atoms with E-state index < -0.39 is 21.5 Å². The molecule has 2 aliphatic heterocycles. The van der Waals surface area contributed by atoms with Crippen LogP contribution >= 0.6 is 11.6 Å². The lowest BCUT2D eigenvalue weighted by Gasteiger charge is -2.33. The lowest BCUT2D eigenvalue weighted by atomic mass is 10.00. The SMILES string of the molecule is CC1CCCN(c2nc(-c3cc(F)c(Cl)cc3F)nc3c2CS(=O)(=O)C3)C1. The predicted molar refractivity (Wildman–Crippen MR) is 99.3 cm³/mol. The van der Waals surface area contributed by atoms with Gasteiger partial charge in [0.2, 0.25) is 0 Å². The number of piperidine rings is 1. The molecule has 0 N–H and O–H groups in total. The zero-order valence-corrected chi connectivity index (χ0v) is 16.2. The van der Waals surface area contributed by atoms with Gasteiger partial charge in [-0.25, -0.2) is 27.2 Å². The summed E-state index contributed by atoms with van der Waals surface area (Å²) in [6.07, 6.45) is 2.05. The summed E-state index contributed by atoms with van der Waals surface area (Å²) in [7, 11) is -3.32. The molecule has 0 spiro atoms. The number of nitrogens with zero attached hydrogens (tertiary/aromatic N) is 3. The molecule has 9 heteroatoms. The molecule has 3 heterocycles. The summed E-state index contributed by atoms with van der Waals surface area (Å²) in [5.41, 5.74) is 0.806. The Hall–Kier alpha value is -1.80. The topological polar surface area (TPSA) is 63.2 Å². The first-order valence-corrected chi connectivity index (χ1v) is 10.9. The Morgan fingerprint density at radius 2 is 1.96 bits per heavy atom. The maximum absolute atomic E-state index is 14.4. The Morgan fingerprint density at radius 1 is 1.19 bits per heavy atom. The van der Waals surface area contributed by atoms with Crippen LogP contribution in [0.4, 0.5) is 14.6 Å². The van der Waals surface area contributed by atoms with Crippen LogP contribution in [0.15, 0.2) is 12.1 Å². The van der Waals surface area contributed by atoms with Crippen LogP contribution in [0.1, 0.15) is 31.0 Å². The fourth-order valence-corrected chi connectivity index (χ4v) is 5.36. The lowest BCUT2D eigenvalue weighted by Crippen LogP contribution is -2.35. The fraction of sp³-hybridized carbons (Fsp3) is 0.444. The summed E-state index contributed by atoms with van der Waals surface area (Å²) in [5, 5.41) is -0.329. The van der Waals surface area contributed by atoms with E-state index in [9.17, 15) is 17.2 Å². The third kappa shape index (κ3) is 3.52. The summed E-state index contributed by atoms with van der Waals surface area (Å²) in [4.78, 5) is 10.8. The van der Waals surface area contributed by atoms with Crippen molar-refractivity contribution in [3.05, 3.63) is 40.0 Å². The van der Waals surface area contributed by atoms with Crippen molar-refractivity contribution in [1.29, 1.82) is 0 Å². The molecule has 4 rings (SSSR count). The molecule has 0 saturated carbocycles. The van der Waals surface area contributed by atoms with Crippen molar-refractivity contribution < 1.29 is 17.2 Å². The van der Waals surface area contributed by atoms with Crippen LogP contribution in [-0.4, -0.2) is 31.5 Å². The Balaban J connectivity index is 1.88. The van der Waals surface area contributed by atoms with Gasteiger partial charge < -0.3 is 4.90 Å². The highest BCUT2D eigenvalue weighted by Crippen LogP contribution is 2.36. The van der Waals surface area contributed by atoms with E-state index in [1.54, 1.807) is 0 Å². The Morgan fingerprint density at radius 3 is 2.70 bits per heavy atom. The minimum Gasteiger partial charge on any atom is -0.356 e. The summed E-state index contributed by atoms with van der Waals surface area (Å²) in [5.74, 6) is -0.940. The third-order valence-electron chi connectivity index (χ3n) is 5.00. The van der Waals surface area contributed by atoms with Crippen molar-refractivity contribution in [2.24, 2.45) is 5.92 Å². The van der Waals surface area contributed by atoms with Crippen LogP contribution < -0.4 is 4.90 Å². The van der Waals surface area contributed by atoms with E-state index in [1.807, 2.05) is 4.90 Å². The van der Waals surface area contributed by atoms with Crippen molar-refractivity contribution in [2.45, 2.75) is 31.3 Å². The molecule has 1 fully saturated rings. The molecule has 144 valence electrons. The molecule has 27 heavy (non-hydrogen) atoms. The number of rotatable bonds is 2. The molecule has 1 unspecified atom stereocenters. The van der Waals surface area contributed by atoms with Crippen LogP contribution in [-0.2, 0) is 21.3 Å². The van der Waals surface area contributed by atoms with Gasteiger partial charge in [0, 0.05) is 18.7 Å². The highest BCUT2D eigenvalue weighted by atomic mass is 35.5. The maximum atomic E-state index is 14.4. The monoisotopic (exact) mass is 413 g/mol. The van der Waals surface area contributed by atoms with Gasteiger partial charge in [-0.2, -0.15) is 0 Å². The molecule has 0 radical (unpaired) electrons. The van der Waals surface area contributed by atoms with Gasteiger partial charge in [0.05, 0.1) is 27.8 Å². The van der Waals surface area contributed by atoms with Gasteiger partial charge in [0.1, 0.15) is 17.5 Å². The number of aromatic nitrogens is 2. The molecule has 1 saturated heterocycles. The van der Waals surface area contributed by atoms with Gasteiger partial charge in [-0.15, -0.1) is 0 Å². The number of hydrogen-bond acceptors (Lipinski definition) is 5. The molecule has 1 aromatic carbocycles. The van der Waals surface area contributed by atoms with Crippen molar-refractivity contribution in [3.8, 4) is 11.4 Å². The lowest BCUT2D eigenvalue weighted by molar-refractivity contribution is 0.444. The first-order valence-electron chi connectivity index (χ1n) is 8.73. The molecule has 5 nitrogen and oxygen atoms in total. The average Bonchev–Trinajstić information content (AvgIpc) is 2.91. The summed E-state index contributed by atoms with van der Waals surface area (Å²) >= 11 is 5.63. The van der Waals surface area contributed by atoms with E-state index in [0.29, 0.717) is 23.0 Å². The maximum Gasteiger partial charge on any atom is 0.164 e. The number of benzene rings is 1. The second kappa shape index (κ2) is 6.67. The molecular weight excluding hydrogens is 396 g/mol. The standard InChI is InChI=1S/C18H18ClF2N3O2S/c1-10-3-2-4-24(7-10)18-12-8-27(25,26)9-16(12)22-17(23-18)11-5-15(21)13(19)6-14(11)20/h5-6,10H,2-4,7-9H2,1H3. The predicted octanol–water partition coefficient (Wildman–Crippen LogP) is 3.74. The first kappa shape index (κ1) is 18.6. The van der Waals surface area contributed by atoms with Crippen molar-refractivity contribution in [2.75, 3.05) is 18.0 Å². The Labute approximate surface area is 161 Å². The van der Waals surface area contributed by atoms with E-state index in [2.05, 4.69) is 16.9 Å². The Bertz CT molecular complexity index is 1030. The molecule has 0 bridgehead atoms. The number of fused-ring (bicyclic) bond motifs is 1. The number of anilines is 1. The Kier molecular flexibility index (Phi) is 4.58. The van der Waals surface area contributed by atoms with Gasteiger partial charge in [-0.05, 0) is 30.9 Å². The molecule has 0 aliphatic carbocycles. The van der Waals surface area contributed by atoms with E-state index in [1.165, 1.54) is 0 Å². The third-order valence-corrected chi connectivity index (χ3v) is 6.73. The van der Waals surface area contributed by atoms with Crippen LogP contribution in [0.2, 0.25) is 5.02 Å². The van der Waals surface area contributed by atoms with E-state index in [-0.39, 0.29) is 27.9 Å². The zero-order chi connectivity index (χ0) is 19.3. The molecule has 1 aromatic heterocycles. The van der Waals surface area contributed by atoms with Gasteiger partial charge in [-0.3, -0.25) is 0 Å². The molecule has 2 aliphatic rings. The number of hydrogen-bond donors (Lipinski definition) is 0. The fourth-order valence-electron chi connectivity index (χ4n) is 3.72. The molecule has 2 aromatic rings. The quantitative estimate of drug-likeness (QED) is 0.702. The van der Waals surface area contributed by atoms with E-state index >= 15 is 0 Å². The minimum atomic E-state index is -3.32. The van der Waals surface area contributed by atoms with Crippen molar-refractivity contribution >= 4 is 27.3 Å². The van der Waals surface area contributed by atoms with E-state index in [4.69, 9.17) is 11.6 Å². The summed E-state index contributed by atoms with van der Waals surface area (Å²) < 4.78 is 52.6. The van der Waals surface area contributed by atoms with Crippen molar-refractivity contribution in [1.82, 2.24) is 9.97 Å².